The number of rotatable bonds is 3. The van der Waals surface area contributed by atoms with Gasteiger partial charge in [-0.1, -0.05) is 36.0 Å². The monoisotopic (exact) mass is 324 g/mol. The topological polar surface area (TPSA) is 41.9 Å². The van der Waals surface area contributed by atoms with Gasteiger partial charge in [0.25, 0.3) is 0 Å². The number of esters is 1. The smallest absolute Gasteiger partial charge is 0.328 e. The fourth-order valence-electron chi connectivity index (χ4n) is 1.89. The third-order valence-electron chi connectivity index (χ3n) is 2.72. The van der Waals surface area contributed by atoms with Gasteiger partial charge in [0.2, 0.25) is 0 Å². The summed E-state index contributed by atoms with van der Waals surface area (Å²) in [7, 11) is 0. The van der Waals surface area contributed by atoms with Crippen molar-refractivity contribution in [2.24, 2.45) is 5.10 Å². The highest BCUT2D eigenvalue weighted by molar-refractivity contribution is 7.80. The van der Waals surface area contributed by atoms with Gasteiger partial charge in [-0.2, -0.15) is 5.10 Å². The van der Waals surface area contributed by atoms with Crippen molar-refractivity contribution in [1.29, 1.82) is 0 Å². The summed E-state index contributed by atoms with van der Waals surface area (Å²) >= 11 is 11.1. The SMILES string of the molecule is CC(C)(C)OC(=O)CN1N=C(c2ccc(Cl)cc2)CC1=S. The second-order valence-electron chi connectivity index (χ2n) is 5.77. The van der Waals surface area contributed by atoms with Crippen LogP contribution in [0.25, 0.3) is 0 Å². The van der Waals surface area contributed by atoms with Gasteiger partial charge in [0.1, 0.15) is 17.1 Å². The normalized spacial score (nSPS) is 15.1. The Balaban J connectivity index is 2.06. The average molecular weight is 325 g/mol. The quantitative estimate of drug-likeness (QED) is 0.631. The van der Waals surface area contributed by atoms with E-state index >= 15 is 0 Å². The van der Waals surface area contributed by atoms with Gasteiger partial charge in [-0.3, -0.25) is 4.79 Å². The van der Waals surface area contributed by atoms with E-state index in [1.807, 2.05) is 32.9 Å². The van der Waals surface area contributed by atoms with Gasteiger partial charge >= 0.3 is 5.97 Å². The maximum atomic E-state index is 11.8. The van der Waals surface area contributed by atoms with Crippen molar-refractivity contribution in [3.63, 3.8) is 0 Å². The van der Waals surface area contributed by atoms with Crippen LogP contribution in [0, 0.1) is 0 Å². The highest BCUT2D eigenvalue weighted by atomic mass is 35.5. The molecule has 0 amide bonds. The molecule has 21 heavy (non-hydrogen) atoms. The van der Waals surface area contributed by atoms with Crippen molar-refractivity contribution in [3.8, 4) is 0 Å². The van der Waals surface area contributed by atoms with Crippen molar-refractivity contribution in [3.05, 3.63) is 34.9 Å². The molecular formula is C15H17ClN2O2S. The van der Waals surface area contributed by atoms with Crippen LogP contribution in [0.2, 0.25) is 5.02 Å². The van der Waals surface area contributed by atoms with Crippen molar-refractivity contribution in [1.82, 2.24) is 5.01 Å². The molecule has 0 bridgehead atoms. The molecule has 0 fully saturated rings. The summed E-state index contributed by atoms with van der Waals surface area (Å²) in [6.45, 7) is 5.52. The molecule has 1 aliphatic rings. The van der Waals surface area contributed by atoms with Gasteiger partial charge in [0, 0.05) is 11.4 Å². The Bertz CT molecular complexity index is 591. The fourth-order valence-corrected chi connectivity index (χ4v) is 2.26. The molecule has 0 atom stereocenters. The first kappa shape index (κ1) is 15.9. The third kappa shape index (κ3) is 4.51. The Morgan fingerprint density at radius 2 is 2.00 bits per heavy atom. The predicted octanol–water partition coefficient (Wildman–Crippen LogP) is 3.42. The van der Waals surface area contributed by atoms with Crippen molar-refractivity contribution in [2.75, 3.05) is 6.54 Å². The molecule has 112 valence electrons. The van der Waals surface area contributed by atoms with E-state index < -0.39 is 5.60 Å². The van der Waals surface area contributed by atoms with Crippen LogP contribution in [0.3, 0.4) is 0 Å². The molecular weight excluding hydrogens is 308 g/mol. The summed E-state index contributed by atoms with van der Waals surface area (Å²) < 4.78 is 5.28. The number of hydrazone groups is 1. The van der Waals surface area contributed by atoms with Crippen LogP contribution >= 0.6 is 23.8 Å². The van der Waals surface area contributed by atoms with Crippen LogP contribution in [0.1, 0.15) is 32.8 Å². The van der Waals surface area contributed by atoms with E-state index in [0.29, 0.717) is 16.4 Å². The van der Waals surface area contributed by atoms with Gasteiger partial charge < -0.3 is 4.74 Å². The molecule has 4 nitrogen and oxygen atoms in total. The minimum atomic E-state index is -0.513. The number of nitrogens with zero attached hydrogens (tertiary/aromatic N) is 2. The lowest BCUT2D eigenvalue weighted by Gasteiger charge is -2.21. The van der Waals surface area contributed by atoms with Crippen LogP contribution in [0.4, 0.5) is 0 Å². The van der Waals surface area contributed by atoms with E-state index in [9.17, 15) is 4.79 Å². The number of halogens is 1. The number of carbonyl (C=O) groups excluding carboxylic acids is 1. The Kier molecular flexibility index (Phi) is 4.64. The van der Waals surface area contributed by atoms with Gasteiger partial charge in [0.05, 0.1) is 5.71 Å². The lowest BCUT2D eigenvalue weighted by Crippen LogP contribution is -2.33. The zero-order chi connectivity index (χ0) is 15.6. The van der Waals surface area contributed by atoms with Gasteiger partial charge in [0.15, 0.2) is 0 Å². The second kappa shape index (κ2) is 6.12. The fraction of sp³-hybridized carbons (Fsp3) is 0.400. The van der Waals surface area contributed by atoms with Crippen molar-refractivity contribution in [2.45, 2.75) is 32.8 Å². The summed E-state index contributed by atoms with van der Waals surface area (Å²) in [6.07, 6.45) is 0.541. The Hall–Kier alpha value is -1.46. The van der Waals surface area contributed by atoms with Crippen LogP contribution in [0.5, 0.6) is 0 Å². The Morgan fingerprint density at radius 3 is 2.57 bits per heavy atom. The number of hydrogen-bond acceptors (Lipinski definition) is 4. The molecule has 1 heterocycles. The van der Waals surface area contributed by atoms with Gasteiger partial charge in [-0.25, -0.2) is 5.01 Å². The zero-order valence-electron chi connectivity index (χ0n) is 12.2. The standard InChI is InChI=1S/C15H17ClN2O2S/c1-15(2,3)20-14(19)9-18-13(21)8-12(17-18)10-4-6-11(16)7-5-10/h4-7H,8-9H2,1-3H3. The van der Waals surface area contributed by atoms with E-state index in [4.69, 9.17) is 28.6 Å². The largest absolute Gasteiger partial charge is 0.459 e. The molecule has 0 N–H and O–H groups in total. The highest BCUT2D eigenvalue weighted by Crippen LogP contribution is 2.19. The summed E-state index contributed by atoms with van der Waals surface area (Å²) in [5.74, 6) is -0.342. The lowest BCUT2D eigenvalue weighted by molar-refractivity contribution is -0.155. The predicted molar refractivity (Wildman–Crippen MR) is 87.8 cm³/mol. The summed E-state index contributed by atoms with van der Waals surface area (Å²) in [5, 5.41) is 6.60. The van der Waals surface area contributed by atoms with E-state index in [0.717, 1.165) is 11.3 Å². The van der Waals surface area contributed by atoms with Gasteiger partial charge in [-0.05, 0) is 38.5 Å². The van der Waals surface area contributed by atoms with Crippen molar-refractivity contribution < 1.29 is 9.53 Å². The third-order valence-corrected chi connectivity index (χ3v) is 3.33. The molecule has 0 saturated carbocycles. The van der Waals surface area contributed by atoms with E-state index in [1.165, 1.54) is 5.01 Å². The molecule has 0 spiro atoms. The molecule has 1 aliphatic heterocycles. The summed E-state index contributed by atoms with van der Waals surface area (Å²) in [6, 6.07) is 7.39. The zero-order valence-corrected chi connectivity index (χ0v) is 13.8. The van der Waals surface area contributed by atoms with Crippen LogP contribution in [0.15, 0.2) is 29.4 Å². The molecule has 0 saturated heterocycles. The minimum Gasteiger partial charge on any atom is -0.459 e. The Labute approximate surface area is 134 Å². The lowest BCUT2D eigenvalue weighted by atomic mass is 10.1. The number of ether oxygens (including phenoxy) is 1. The highest BCUT2D eigenvalue weighted by Gasteiger charge is 2.25. The second-order valence-corrected chi connectivity index (χ2v) is 6.68. The summed E-state index contributed by atoms with van der Waals surface area (Å²) in [5.41, 5.74) is 1.27. The molecule has 2 rings (SSSR count). The first-order valence-electron chi connectivity index (χ1n) is 6.60. The van der Waals surface area contributed by atoms with Crippen LogP contribution in [-0.4, -0.2) is 33.8 Å². The first-order chi connectivity index (χ1) is 9.74. The number of benzene rings is 1. The molecule has 1 aromatic rings. The van der Waals surface area contributed by atoms with E-state index in [1.54, 1.807) is 12.1 Å². The molecule has 0 radical (unpaired) electrons. The number of hydrogen-bond donors (Lipinski definition) is 0. The number of thiocarbonyl (C=S) groups is 1. The van der Waals surface area contributed by atoms with Crippen LogP contribution in [-0.2, 0) is 9.53 Å². The van der Waals surface area contributed by atoms with E-state index in [2.05, 4.69) is 5.10 Å². The number of carbonyl (C=O) groups is 1. The molecule has 1 aromatic carbocycles. The summed E-state index contributed by atoms with van der Waals surface area (Å²) in [4.78, 5) is 12.5. The Morgan fingerprint density at radius 1 is 1.38 bits per heavy atom. The first-order valence-corrected chi connectivity index (χ1v) is 7.39. The van der Waals surface area contributed by atoms with E-state index in [-0.39, 0.29) is 12.5 Å². The molecule has 0 aromatic heterocycles. The average Bonchev–Trinajstić information content (AvgIpc) is 2.69. The maximum absolute atomic E-state index is 11.8. The molecule has 0 aliphatic carbocycles. The maximum Gasteiger partial charge on any atom is 0.328 e. The minimum absolute atomic E-state index is 0.0349. The van der Waals surface area contributed by atoms with Gasteiger partial charge in [-0.15, -0.1) is 0 Å². The molecule has 6 heteroatoms. The van der Waals surface area contributed by atoms with Crippen LogP contribution < -0.4 is 0 Å². The van der Waals surface area contributed by atoms with Crippen molar-refractivity contribution >= 4 is 40.5 Å². The molecule has 0 unspecified atom stereocenters.